The average molecular weight is 280 g/mol. The molecule has 112 valence electrons. The van der Waals surface area contributed by atoms with Crippen molar-refractivity contribution in [3.8, 4) is 0 Å². The zero-order chi connectivity index (χ0) is 14.4. The molecule has 0 saturated carbocycles. The second-order valence-electron chi connectivity index (χ2n) is 4.85. The summed E-state index contributed by atoms with van der Waals surface area (Å²) >= 11 is 0. The second kappa shape index (κ2) is 7.40. The first-order valence-corrected chi connectivity index (χ1v) is 7.18. The lowest BCUT2D eigenvalue weighted by molar-refractivity contribution is 0.0458. The van der Waals surface area contributed by atoms with Crippen molar-refractivity contribution in [1.29, 1.82) is 0 Å². The number of piperidine rings is 1. The average Bonchev–Trinajstić information content (AvgIpc) is 2.48. The molecule has 1 aliphatic rings. The first-order valence-electron chi connectivity index (χ1n) is 7.18. The summed E-state index contributed by atoms with van der Waals surface area (Å²) in [7, 11) is 3.52. The molecular weight excluding hydrogens is 256 g/mol. The molecule has 0 aliphatic carbocycles. The van der Waals surface area contributed by atoms with Crippen LogP contribution in [0.25, 0.3) is 0 Å². The highest BCUT2D eigenvalue weighted by Gasteiger charge is 2.21. The number of rotatable bonds is 6. The van der Waals surface area contributed by atoms with Crippen molar-refractivity contribution >= 4 is 11.6 Å². The third-order valence-corrected chi connectivity index (χ3v) is 3.46. The van der Waals surface area contributed by atoms with Gasteiger partial charge in [0.2, 0.25) is 0 Å². The number of anilines is 2. The van der Waals surface area contributed by atoms with Gasteiger partial charge in [-0.2, -0.15) is 0 Å². The highest BCUT2D eigenvalue weighted by Crippen LogP contribution is 2.22. The van der Waals surface area contributed by atoms with E-state index >= 15 is 0 Å². The molecule has 1 aromatic heterocycles. The summed E-state index contributed by atoms with van der Waals surface area (Å²) in [5.41, 5.74) is 0. The van der Waals surface area contributed by atoms with Crippen LogP contribution in [0.3, 0.4) is 0 Å². The smallest absolute Gasteiger partial charge is 0.158 e. The Morgan fingerprint density at radius 1 is 1.35 bits per heavy atom. The molecule has 0 bridgehead atoms. The highest BCUT2D eigenvalue weighted by atomic mass is 16.5. The molecule has 6 nitrogen and oxygen atoms in total. The van der Waals surface area contributed by atoms with E-state index < -0.39 is 0 Å². The number of nitrogens with zero attached hydrogens (tertiary/aromatic N) is 3. The summed E-state index contributed by atoms with van der Waals surface area (Å²) in [5.74, 6) is 2.50. The van der Waals surface area contributed by atoms with Gasteiger partial charge >= 0.3 is 0 Å². The molecule has 0 radical (unpaired) electrons. The van der Waals surface area contributed by atoms with E-state index in [1.165, 1.54) is 0 Å². The summed E-state index contributed by atoms with van der Waals surface area (Å²) in [5, 5.41) is 3.08. The molecule has 0 aromatic carbocycles. The lowest BCUT2D eigenvalue weighted by atomic mass is 10.1. The molecule has 20 heavy (non-hydrogen) atoms. The van der Waals surface area contributed by atoms with Gasteiger partial charge in [0.1, 0.15) is 18.2 Å². The maximum atomic E-state index is 5.68. The Hall–Kier alpha value is -1.40. The Kier molecular flexibility index (Phi) is 5.55. The lowest BCUT2D eigenvalue weighted by Crippen LogP contribution is -2.37. The van der Waals surface area contributed by atoms with Crippen LogP contribution in [0, 0.1) is 0 Å². The first kappa shape index (κ1) is 15.0. The van der Waals surface area contributed by atoms with E-state index in [9.17, 15) is 0 Å². The van der Waals surface area contributed by atoms with Gasteiger partial charge in [0.15, 0.2) is 5.82 Å². The molecule has 6 heteroatoms. The predicted molar refractivity (Wildman–Crippen MR) is 79.2 cm³/mol. The minimum absolute atomic E-state index is 0.389. The fraction of sp³-hybridized carbons (Fsp3) is 0.714. The Balaban J connectivity index is 2.06. The fourth-order valence-electron chi connectivity index (χ4n) is 2.45. The van der Waals surface area contributed by atoms with Crippen LogP contribution in [0.1, 0.15) is 25.6 Å². The molecular formula is C14H24N4O2. The molecule has 1 saturated heterocycles. The molecule has 2 heterocycles. The number of hydrogen-bond donors (Lipinski definition) is 1. The standard InChI is InChI=1S/C14H24N4O2/c1-4-20-11-5-7-18(8-6-11)14-9-12(15-2)16-13(17-14)10-19-3/h9,11H,4-8,10H2,1-3H3,(H,15,16,17). The second-order valence-corrected chi connectivity index (χ2v) is 4.85. The Morgan fingerprint density at radius 3 is 2.70 bits per heavy atom. The third-order valence-electron chi connectivity index (χ3n) is 3.46. The van der Waals surface area contributed by atoms with Crippen LogP contribution in [-0.2, 0) is 16.1 Å². The van der Waals surface area contributed by atoms with Crippen molar-refractivity contribution in [2.75, 3.05) is 44.1 Å². The van der Waals surface area contributed by atoms with Gasteiger partial charge in [-0.3, -0.25) is 0 Å². The van der Waals surface area contributed by atoms with Crippen LogP contribution < -0.4 is 10.2 Å². The van der Waals surface area contributed by atoms with E-state index in [0.29, 0.717) is 18.5 Å². The van der Waals surface area contributed by atoms with Gasteiger partial charge in [-0.05, 0) is 19.8 Å². The minimum Gasteiger partial charge on any atom is -0.378 e. The van der Waals surface area contributed by atoms with Crippen molar-refractivity contribution in [3.63, 3.8) is 0 Å². The van der Waals surface area contributed by atoms with Gasteiger partial charge in [-0.25, -0.2) is 9.97 Å². The molecule has 2 rings (SSSR count). The molecule has 1 N–H and O–H groups in total. The summed E-state index contributed by atoms with van der Waals surface area (Å²) < 4.78 is 10.8. The number of aromatic nitrogens is 2. The van der Waals surface area contributed by atoms with Crippen LogP contribution in [0.4, 0.5) is 11.6 Å². The molecule has 1 aliphatic heterocycles. The summed E-state index contributed by atoms with van der Waals surface area (Å²) in [6.45, 7) is 5.21. The van der Waals surface area contributed by atoms with Crippen molar-refractivity contribution in [2.45, 2.75) is 32.5 Å². The summed E-state index contributed by atoms with van der Waals surface area (Å²) in [4.78, 5) is 11.2. The van der Waals surface area contributed by atoms with E-state index in [1.807, 2.05) is 20.0 Å². The van der Waals surface area contributed by atoms with E-state index in [1.54, 1.807) is 7.11 Å². The predicted octanol–water partition coefficient (Wildman–Crippen LogP) is 1.67. The topological polar surface area (TPSA) is 59.5 Å². The Bertz CT molecular complexity index is 420. The molecule has 1 aromatic rings. The van der Waals surface area contributed by atoms with Gasteiger partial charge in [-0.15, -0.1) is 0 Å². The molecule has 1 fully saturated rings. The zero-order valence-corrected chi connectivity index (χ0v) is 12.6. The van der Waals surface area contributed by atoms with Crippen molar-refractivity contribution in [1.82, 2.24) is 9.97 Å². The zero-order valence-electron chi connectivity index (χ0n) is 12.6. The van der Waals surface area contributed by atoms with Crippen molar-refractivity contribution in [2.24, 2.45) is 0 Å². The number of ether oxygens (including phenoxy) is 2. The monoisotopic (exact) mass is 280 g/mol. The number of nitrogens with one attached hydrogen (secondary N) is 1. The number of hydrogen-bond acceptors (Lipinski definition) is 6. The van der Waals surface area contributed by atoms with E-state index in [2.05, 4.69) is 20.2 Å². The SMILES string of the molecule is CCOC1CCN(c2cc(NC)nc(COC)n2)CC1. The molecule has 0 unspecified atom stereocenters. The maximum absolute atomic E-state index is 5.68. The van der Waals surface area contributed by atoms with Crippen LogP contribution >= 0.6 is 0 Å². The Morgan fingerprint density at radius 2 is 2.10 bits per heavy atom. The van der Waals surface area contributed by atoms with Crippen LogP contribution in [0.5, 0.6) is 0 Å². The minimum atomic E-state index is 0.389. The first-order chi connectivity index (χ1) is 9.76. The van der Waals surface area contributed by atoms with Crippen LogP contribution in [-0.4, -0.2) is 49.9 Å². The van der Waals surface area contributed by atoms with Gasteiger partial charge in [0.25, 0.3) is 0 Å². The third kappa shape index (κ3) is 3.80. The van der Waals surface area contributed by atoms with Crippen molar-refractivity contribution in [3.05, 3.63) is 11.9 Å². The fourth-order valence-corrected chi connectivity index (χ4v) is 2.45. The van der Waals surface area contributed by atoms with Crippen LogP contribution in [0.2, 0.25) is 0 Å². The largest absolute Gasteiger partial charge is 0.378 e. The highest BCUT2D eigenvalue weighted by molar-refractivity contribution is 5.49. The summed E-state index contributed by atoms with van der Waals surface area (Å²) in [6.07, 6.45) is 2.49. The summed E-state index contributed by atoms with van der Waals surface area (Å²) in [6, 6.07) is 1.99. The van der Waals surface area contributed by atoms with Gasteiger partial charge in [0.05, 0.1) is 6.10 Å². The van der Waals surface area contributed by atoms with Gasteiger partial charge < -0.3 is 19.7 Å². The molecule has 0 atom stereocenters. The van der Waals surface area contributed by atoms with Crippen LogP contribution in [0.15, 0.2) is 6.07 Å². The van der Waals surface area contributed by atoms with Gasteiger partial charge in [-0.1, -0.05) is 0 Å². The Labute approximate surface area is 120 Å². The van der Waals surface area contributed by atoms with E-state index in [-0.39, 0.29) is 0 Å². The van der Waals surface area contributed by atoms with E-state index in [0.717, 1.165) is 44.2 Å². The van der Waals surface area contributed by atoms with Crippen molar-refractivity contribution < 1.29 is 9.47 Å². The quantitative estimate of drug-likeness (QED) is 0.855. The maximum Gasteiger partial charge on any atom is 0.158 e. The lowest BCUT2D eigenvalue weighted by Gasteiger charge is -2.32. The normalized spacial score (nSPS) is 16.4. The van der Waals surface area contributed by atoms with Gasteiger partial charge in [0, 0.05) is 39.9 Å². The van der Waals surface area contributed by atoms with E-state index in [4.69, 9.17) is 9.47 Å². The number of methoxy groups -OCH3 is 1. The molecule has 0 spiro atoms. The molecule has 0 amide bonds.